The van der Waals surface area contributed by atoms with Crippen molar-refractivity contribution in [2.75, 3.05) is 45.9 Å². The summed E-state index contributed by atoms with van der Waals surface area (Å²) in [6, 6.07) is 8.22. The summed E-state index contributed by atoms with van der Waals surface area (Å²) in [5, 5.41) is 5.02. The van der Waals surface area contributed by atoms with E-state index in [4.69, 9.17) is 17.0 Å². The van der Waals surface area contributed by atoms with E-state index in [-0.39, 0.29) is 5.56 Å². The van der Waals surface area contributed by atoms with Crippen molar-refractivity contribution in [2.45, 2.75) is 26.8 Å². The molecule has 1 aliphatic rings. The minimum Gasteiger partial charge on any atom is -0.370 e. The Morgan fingerprint density at radius 2 is 2.07 bits per heavy atom. The van der Waals surface area contributed by atoms with Gasteiger partial charge in [-0.15, -0.1) is 0 Å². The highest BCUT2D eigenvalue weighted by atomic mass is 32.1. The Kier molecular flexibility index (Phi) is 7.42. The molecule has 0 atom stereocenters. The zero-order valence-electron chi connectivity index (χ0n) is 16.8. The van der Waals surface area contributed by atoms with Crippen LogP contribution in [0.1, 0.15) is 25.0 Å². The maximum atomic E-state index is 12.6. The molecule has 6 nitrogen and oxygen atoms in total. The number of rotatable bonds is 7. The first-order valence-corrected chi connectivity index (χ1v) is 10.6. The molecule has 2 aromatic rings. The van der Waals surface area contributed by atoms with Gasteiger partial charge in [-0.1, -0.05) is 13.0 Å². The number of aryl methyl sites for hydroxylation is 1. The number of morpholine rings is 1. The Balaban J connectivity index is 1.79. The standard InChI is InChI=1S/C21H30N4O2S/c1-3-16-5-6-19-17(13-16)14-18(20(26)23-19)15-25(21(28)22-4-2)8-7-24-9-11-27-12-10-24/h5-6,13-14H,3-4,7-12,15H2,1-2H3,(H,22,28)(H,23,26)/p+1. The van der Waals surface area contributed by atoms with Crippen LogP contribution in [0.25, 0.3) is 10.9 Å². The molecule has 3 N–H and O–H groups in total. The number of H-pyrrole nitrogens is 1. The van der Waals surface area contributed by atoms with Crippen LogP contribution in [0.4, 0.5) is 0 Å². The zero-order chi connectivity index (χ0) is 19.9. The number of benzene rings is 1. The second-order valence-corrected chi connectivity index (χ2v) is 7.65. The van der Waals surface area contributed by atoms with Crippen molar-refractivity contribution in [2.24, 2.45) is 0 Å². The molecule has 0 spiro atoms. The summed E-state index contributed by atoms with van der Waals surface area (Å²) in [7, 11) is 0. The van der Waals surface area contributed by atoms with E-state index < -0.39 is 0 Å². The lowest BCUT2D eigenvalue weighted by atomic mass is 10.1. The number of nitrogens with one attached hydrogen (secondary N) is 3. The fourth-order valence-electron chi connectivity index (χ4n) is 3.56. The summed E-state index contributed by atoms with van der Waals surface area (Å²) < 4.78 is 5.45. The van der Waals surface area contributed by atoms with Gasteiger partial charge in [0.25, 0.3) is 5.56 Å². The molecule has 0 saturated carbocycles. The fourth-order valence-corrected chi connectivity index (χ4v) is 3.86. The van der Waals surface area contributed by atoms with E-state index in [0.29, 0.717) is 11.7 Å². The van der Waals surface area contributed by atoms with Crippen molar-refractivity contribution in [3.8, 4) is 0 Å². The van der Waals surface area contributed by atoms with Crippen LogP contribution >= 0.6 is 12.2 Å². The van der Waals surface area contributed by atoms with E-state index in [2.05, 4.69) is 34.3 Å². The number of thiocarbonyl (C=S) groups is 1. The van der Waals surface area contributed by atoms with Crippen molar-refractivity contribution < 1.29 is 9.64 Å². The third-order valence-electron chi connectivity index (χ3n) is 5.31. The Hall–Kier alpha value is -1.96. The van der Waals surface area contributed by atoms with Crippen LogP contribution in [-0.4, -0.2) is 60.9 Å². The van der Waals surface area contributed by atoms with Crippen molar-refractivity contribution in [3.05, 3.63) is 45.7 Å². The van der Waals surface area contributed by atoms with Gasteiger partial charge in [0, 0.05) is 17.6 Å². The predicted molar refractivity (Wildman–Crippen MR) is 117 cm³/mol. The molecule has 0 aliphatic carbocycles. The lowest BCUT2D eigenvalue weighted by Crippen LogP contribution is -3.14. The second-order valence-electron chi connectivity index (χ2n) is 7.27. The SMILES string of the molecule is CCNC(=S)N(CC[NH+]1CCOCC1)Cc1cc2cc(CC)ccc2[nH]c1=O. The first kappa shape index (κ1) is 20.8. The van der Waals surface area contributed by atoms with Gasteiger partial charge < -0.3 is 24.8 Å². The molecule has 0 amide bonds. The van der Waals surface area contributed by atoms with Crippen molar-refractivity contribution in [1.82, 2.24) is 15.2 Å². The lowest BCUT2D eigenvalue weighted by Gasteiger charge is -2.29. The van der Waals surface area contributed by atoms with Crippen LogP contribution in [0.5, 0.6) is 0 Å². The van der Waals surface area contributed by atoms with Crippen LogP contribution in [0.3, 0.4) is 0 Å². The number of aromatic nitrogens is 1. The molecule has 1 aromatic heterocycles. The highest BCUT2D eigenvalue weighted by molar-refractivity contribution is 7.80. The molecule has 3 rings (SSSR count). The topological polar surface area (TPSA) is 61.8 Å². The second kappa shape index (κ2) is 10.0. The summed E-state index contributed by atoms with van der Waals surface area (Å²) in [6.45, 7) is 10.9. The van der Waals surface area contributed by atoms with Gasteiger partial charge in [0.2, 0.25) is 0 Å². The summed E-state index contributed by atoms with van der Waals surface area (Å²) in [6.07, 6.45) is 0.976. The average molecular weight is 404 g/mol. The Morgan fingerprint density at radius 3 is 2.79 bits per heavy atom. The van der Waals surface area contributed by atoms with Gasteiger partial charge >= 0.3 is 0 Å². The van der Waals surface area contributed by atoms with Crippen molar-refractivity contribution >= 4 is 28.2 Å². The Morgan fingerprint density at radius 1 is 1.29 bits per heavy atom. The van der Waals surface area contributed by atoms with E-state index in [1.165, 1.54) is 10.5 Å². The first-order chi connectivity index (χ1) is 13.6. The molecule has 0 bridgehead atoms. The van der Waals surface area contributed by atoms with Gasteiger partial charge in [-0.2, -0.15) is 0 Å². The molecular formula is C21H31N4O2S+. The summed E-state index contributed by atoms with van der Waals surface area (Å²) >= 11 is 5.59. The zero-order valence-corrected chi connectivity index (χ0v) is 17.7. The number of quaternary nitrogens is 1. The largest absolute Gasteiger partial charge is 0.370 e. The van der Waals surface area contributed by atoms with Crippen molar-refractivity contribution in [1.29, 1.82) is 0 Å². The van der Waals surface area contributed by atoms with Gasteiger partial charge in [0.1, 0.15) is 13.1 Å². The minimum absolute atomic E-state index is 0.0419. The summed E-state index contributed by atoms with van der Waals surface area (Å²) in [5.41, 5.74) is 2.85. The Labute approximate surface area is 171 Å². The van der Waals surface area contributed by atoms with Crippen LogP contribution in [0.2, 0.25) is 0 Å². The molecule has 2 heterocycles. The first-order valence-electron chi connectivity index (χ1n) is 10.2. The number of hydrogen-bond donors (Lipinski definition) is 3. The maximum Gasteiger partial charge on any atom is 0.253 e. The number of fused-ring (bicyclic) bond motifs is 1. The molecule has 1 aromatic carbocycles. The third kappa shape index (κ3) is 5.31. The lowest BCUT2D eigenvalue weighted by molar-refractivity contribution is -0.907. The van der Waals surface area contributed by atoms with Gasteiger partial charge in [-0.25, -0.2) is 0 Å². The van der Waals surface area contributed by atoms with Crippen LogP contribution in [0, 0.1) is 0 Å². The molecule has 1 saturated heterocycles. The number of pyridine rings is 1. The molecule has 152 valence electrons. The summed E-state index contributed by atoms with van der Waals surface area (Å²) in [5.74, 6) is 0. The molecule has 1 fully saturated rings. The monoisotopic (exact) mass is 403 g/mol. The van der Waals surface area contributed by atoms with Crippen LogP contribution < -0.4 is 15.8 Å². The quantitative estimate of drug-likeness (QED) is 0.594. The highest BCUT2D eigenvalue weighted by Crippen LogP contribution is 2.15. The van der Waals surface area contributed by atoms with E-state index in [9.17, 15) is 4.79 Å². The molecular weight excluding hydrogens is 372 g/mol. The normalized spacial score (nSPS) is 14.9. The number of nitrogens with zero attached hydrogens (tertiary/aromatic N) is 1. The van der Waals surface area contributed by atoms with E-state index in [1.54, 1.807) is 0 Å². The Bertz CT molecular complexity index is 861. The molecule has 7 heteroatoms. The molecule has 28 heavy (non-hydrogen) atoms. The van der Waals surface area contributed by atoms with E-state index in [1.807, 2.05) is 19.1 Å². The third-order valence-corrected chi connectivity index (χ3v) is 5.71. The number of ether oxygens (including phenoxy) is 1. The van der Waals surface area contributed by atoms with Crippen LogP contribution in [0.15, 0.2) is 29.1 Å². The minimum atomic E-state index is -0.0419. The fraction of sp³-hybridized carbons (Fsp3) is 0.524. The summed E-state index contributed by atoms with van der Waals surface area (Å²) in [4.78, 5) is 19.3. The average Bonchev–Trinajstić information content (AvgIpc) is 2.72. The van der Waals surface area contributed by atoms with Gasteiger partial charge in [0.15, 0.2) is 5.11 Å². The molecule has 0 unspecified atom stereocenters. The van der Waals surface area contributed by atoms with Gasteiger partial charge in [0.05, 0.1) is 32.8 Å². The van der Waals surface area contributed by atoms with Crippen molar-refractivity contribution in [3.63, 3.8) is 0 Å². The number of hydrogen-bond acceptors (Lipinski definition) is 3. The highest BCUT2D eigenvalue weighted by Gasteiger charge is 2.18. The number of aromatic amines is 1. The predicted octanol–water partition coefficient (Wildman–Crippen LogP) is 0.702. The molecule has 0 radical (unpaired) electrons. The smallest absolute Gasteiger partial charge is 0.253 e. The van der Waals surface area contributed by atoms with Gasteiger partial charge in [-0.3, -0.25) is 4.79 Å². The van der Waals surface area contributed by atoms with Gasteiger partial charge in [-0.05, 0) is 54.7 Å². The van der Waals surface area contributed by atoms with E-state index in [0.717, 1.165) is 68.8 Å². The maximum absolute atomic E-state index is 12.6. The van der Waals surface area contributed by atoms with Crippen LogP contribution in [-0.2, 0) is 17.7 Å². The molecule has 1 aliphatic heterocycles. The van der Waals surface area contributed by atoms with E-state index >= 15 is 0 Å².